The van der Waals surface area contributed by atoms with E-state index in [1.807, 2.05) is 30.5 Å². The molecule has 128 valence electrons. The summed E-state index contributed by atoms with van der Waals surface area (Å²) in [7, 11) is -3.34. The van der Waals surface area contributed by atoms with Crippen LogP contribution in [0.5, 0.6) is 0 Å². The van der Waals surface area contributed by atoms with Crippen LogP contribution in [0.2, 0.25) is 0 Å². The zero-order valence-corrected chi connectivity index (χ0v) is 14.2. The molecule has 0 fully saturated rings. The molecule has 1 aromatic heterocycles. The Balaban J connectivity index is 1.66. The van der Waals surface area contributed by atoms with Gasteiger partial charge in [0.25, 0.3) is 5.91 Å². The second-order valence-electron chi connectivity index (χ2n) is 5.44. The molecule has 0 bridgehead atoms. The lowest BCUT2D eigenvalue weighted by atomic mass is 10.2. The van der Waals surface area contributed by atoms with Crippen LogP contribution in [0.3, 0.4) is 0 Å². The number of anilines is 1. The highest BCUT2D eigenvalue weighted by Gasteiger charge is 2.06. The van der Waals surface area contributed by atoms with Gasteiger partial charge in [0.15, 0.2) is 0 Å². The summed E-state index contributed by atoms with van der Waals surface area (Å²) in [6, 6.07) is 13.8. The molecule has 0 aliphatic rings. The van der Waals surface area contributed by atoms with Crippen LogP contribution in [0.1, 0.15) is 15.9 Å². The van der Waals surface area contributed by atoms with Crippen LogP contribution in [-0.2, 0) is 10.0 Å². The number of aromatic amines is 1. The summed E-state index contributed by atoms with van der Waals surface area (Å²) in [5.41, 5.74) is 5.06. The van der Waals surface area contributed by atoms with Crippen molar-refractivity contribution in [1.82, 2.24) is 10.4 Å². The number of hydrogen-bond donors (Lipinski definition) is 3. The average molecular weight is 356 g/mol. The normalized spacial score (nSPS) is 11.7. The van der Waals surface area contributed by atoms with Crippen molar-refractivity contribution in [2.24, 2.45) is 5.10 Å². The Morgan fingerprint density at radius 2 is 1.84 bits per heavy atom. The van der Waals surface area contributed by atoms with Crippen molar-refractivity contribution < 1.29 is 13.2 Å². The van der Waals surface area contributed by atoms with Crippen LogP contribution in [0.4, 0.5) is 5.69 Å². The molecule has 0 aliphatic heterocycles. The third-order valence-electron chi connectivity index (χ3n) is 3.44. The van der Waals surface area contributed by atoms with E-state index in [-0.39, 0.29) is 5.91 Å². The lowest BCUT2D eigenvalue weighted by Crippen LogP contribution is -2.17. The number of carbonyl (C=O) groups excluding carboxylic acids is 1. The van der Waals surface area contributed by atoms with Gasteiger partial charge in [-0.15, -0.1) is 0 Å². The summed E-state index contributed by atoms with van der Waals surface area (Å²) in [6.07, 6.45) is 4.44. The standard InChI is InChI=1S/C17H16N4O3S/c1-25(23,24)21-14-8-6-12(7-9-14)17(22)20-19-11-13-10-18-16-5-3-2-4-15(13)16/h2-11,18,21H,1H3,(H,20,22)/b19-11+. The van der Waals surface area contributed by atoms with E-state index in [9.17, 15) is 13.2 Å². The van der Waals surface area contributed by atoms with Gasteiger partial charge in [0.1, 0.15) is 0 Å². The molecule has 1 amide bonds. The molecular formula is C17H16N4O3S. The Hall–Kier alpha value is -3.13. The van der Waals surface area contributed by atoms with Crippen molar-refractivity contribution in [2.45, 2.75) is 0 Å². The number of fused-ring (bicyclic) bond motifs is 1. The quantitative estimate of drug-likeness (QED) is 0.483. The van der Waals surface area contributed by atoms with Crippen LogP contribution in [0, 0.1) is 0 Å². The van der Waals surface area contributed by atoms with E-state index in [1.54, 1.807) is 6.21 Å². The van der Waals surface area contributed by atoms with Crippen molar-refractivity contribution in [3.63, 3.8) is 0 Å². The highest BCUT2D eigenvalue weighted by Crippen LogP contribution is 2.15. The number of hydrazone groups is 1. The summed E-state index contributed by atoms with van der Waals surface area (Å²) >= 11 is 0. The Kier molecular flexibility index (Phi) is 4.53. The molecule has 7 nitrogen and oxygen atoms in total. The van der Waals surface area contributed by atoms with Gasteiger partial charge in [-0.05, 0) is 30.3 Å². The summed E-state index contributed by atoms with van der Waals surface area (Å²) in [6.45, 7) is 0. The predicted octanol–water partition coefficient (Wildman–Crippen LogP) is 2.30. The Morgan fingerprint density at radius 1 is 1.12 bits per heavy atom. The zero-order chi connectivity index (χ0) is 17.9. The Bertz CT molecular complexity index is 1040. The lowest BCUT2D eigenvalue weighted by Gasteiger charge is -2.04. The maximum atomic E-state index is 12.1. The van der Waals surface area contributed by atoms with Gasteiger partial charge in [-0.2, -0.15) is 5.10 Å². The fourth-order valence-corrected chi connectivity index (χ4v) is 2.89. The van der Waals surface area contributed by atoms with Crippen LogP contribution >= 0.6 is 0 Å². The first kappa shape index (κ1) is 16.7. The van der Waals surface area contributed by atoms with E-state index in [1.165, 1.54) is 24.3 Å². The number of amides is 1. The Labute approximate surface area is 144 Å². The number of sulfonamides is 1. The molecule has 0 spiro atoms. The topological polar surface area (TPSA) is 103 Å². The van der Waals surface area contributed by atoms with Crippen LogP contribution in [0.15, 0.2) is 59.8 Å². The largest absolute Gasteiger partial charge is 0.361 e. The first-order chi connectivity index (χ1) is 11.9. The molecule has 1 heterocycles. The number of nitrogens with one attached hydrogen (secondary N) is 3. The van der Waals surface area contributed by atoms with Gasteiger partial charge in [0.2, 0.25) is 10.0 Å². The molecule has 3 rings (SSSR count). The monoisotopic (exact) mass is 356 g/mol. The molecular weight excluding hydrogens is 340 g/mol. The fraction of sp³-hybridized carbons (Fsp3) is 0.0588. The smallest absolute Gasteiger partial charge is 0.271 e. The minimum Gasteiger partial charge on any atom is -0.361 e. The summed E-state index contributed by atoms with van der Waals surface area (Å²) < 4.78 is 24.6. The Morgan fingerprint density at radius 3 is 2.56 bits per heavy atom. The van der Waals surface area contributed by atoms with Gasteiger partial charge in [0.05, 0.1) is 12.5 Å². The summed E-state index contributed by atoms with van der Waals surface area (Å²) in [5.74, 6) is -0.387. The van der Waals surface area contributed by atoms with Crippen molar-refractivity contribution in [2.75, 3.05) is 11.0 Å². The van der Waals surface area contributed by atoms with Gasteiger partial charge < -0.3 is 4.98 Å². The minimum absolute atomic E-state index is 0.370. The molecule has 0 saturated carbocycles. The molecule has 3 N–H and O–H groups in total. The number of aromatic nitrogens is 1. The number of H-pyrrole nitrogens is 1. The van der Waals surface area contributed by atoms with Crippen LogP contribution in [0.25, 0.3) is 10.9 Å². The summed E-state index contributed by atoms with van der Waals surface area (Å²) in [5, 5.41) is 4.98. The molecule has 2 aromatic carbocycles. The van der Waals surface area contributed by atoms with E-state index >= 15 is 0 Å². The van der Waals surface area contributed by atoms with Crippen molar-refractivity contribution in [3.05, 3.63) is 65.9 Å². The third kappa shape index (κ3) is 4.24. The molecule has 0 radical (unpaired) electrons. The van der Waals surface area contributed by atoms with Crippen molar-refractivity contribution in [3.8, 4) is 0 Å². The van der Waals surface area contributed by atoms with Crippen molar-refractivity contribution in [1.29, 1.82) is 0 Å². The van der Waals surface area contributed by atoms with Gasteiger partial charge in [-0.3, -0.25) is 9.52 Å². The fourth-order valence-electron chi connectivity index (χ4n) is 2.33. The lowest BCUT2D eigenvalue weighted by molar-refractivity contribution is 0.0955. The minimum atomic E-state index is -3.34. The van der Waals surface area contributed by atoms with Gasteiger partial charge in [0, 0.05) is 33.9 Å². The average Bonchev–Trinajstić information content (AvgIpc) is 2.97. The molecule has 8 heteroatoms. The SMILES string of the molecule is CS(=O)(=O)Nc1ccc(C(=O)N/N=C/c2c[nH]c3ccccc23)cc1. The molecule has 0 unspecified atom stereocenters. The third-order valence-corrected chi connectivity index (χ3v) is 4.05. The van der Waals surface area contributed by atoms with Crippen molar-refractivity contribution >= 4 is 38.7 Å². The number of para-hydroxylation sites is 1. The number of rotatable bonds is 5. The number of benzene rings is 2. The maximum Gasteiger partial charge on any atom is 0.271 e. The number of carbonyl (C=O) groups is 1. The molecule has 0 atom stereocenters. The van der Waals surface area contributed by atoms with E-state index in [2.05, 4.69) is 20.2 Å². The van der Waals surface area contributed by atoms with Gasteiger partial charge in [-0.25, -0.2) is 13.8 Å². The number of nitrogens with zero attached hydrogens (tertiary/aromatic N) is 1. The first-order valence-electron chi connectivity index (χ1n) is 7.40. The molecule has 3 aromatic rings. The van der Waals surface area contributed by atoms with E-state index in [4.69, 9.17) is 0 Å². The van der Waals surface area contributed by atoms with E-state index < -0.39 is 10.0 Å². The van der Waals surface area contributed by atoms with Crippen LogP contribution in [-0.4, -0.2) is 31.8 Å². The molecule has 0 saturated heterocycles. The second-order valence-corrected chi connectivity index (χ2v) is 7.19. The zero-order valence-electron chi connectivity index (χ0n) is 13.4. The predicted molar refractivity (Wildman–Crippen MR) is 98.3 cm³/mol. The number of hydrogen-bond acceptors (Lipinski definition) is 4. The highest BCUT2D eigenvalue weighted by atomic mass is 32.2. The summed E-state index contributed by atoms with van der Waals surface area (Å²) in [4.78, 5) is 15.2. The van der Waals surface area contributed by atoms with Crippen LogP contribution < -0.4 is 10.1 Å². The second kappa shape index (κ2) is 6.78. The molecule has 0 aliphatic carbocycles. The van der Waals surface area contributed by atoms with Gasteiger partial charge in [-0.1, -0.05) is 18.2 Å². The van der Waals surface area contributed by atoms with E-state index in [0.29, 0.717) is 11.3 Å². The first-order valence-corrected chi connectivity index (χ1v) is 9.29. The molecule has 25 heavy (non-hydrogen) atoms. The van der Waals surface area contributed by atoms with Gasteiger partial charge >= 0.3 is 0 Å². The highest BCUT2D eigenvalue weighted by molar-refractivity contribution is 7.92. The maximum absolute atomic E-state index is 12.1. The van der Waals surface area contributed by atoms with E-state index in [0.717, 1.165) is 22.7 Å².